The second kappa shape index (κ2) is 5.35. The normalized spacial score (nSPS) is 19.2. The number of amides is 1. The Hall–Kier alpha value is -1.62. The molecule has 2 rings (SSSR count). The van der Waals surface area contributed by atoms with Crippen LogP contribution in [-0.4, -0.2) is 42.7 Å². The van der Waals surface area contributed by atoms with Crippen molar-refractivity contribution >= 4 is 5.91 Å². The van der Waals surface area contributed by atoms with Crippen LogP contribution in [0.4, 0.5) is 4.39 Å². The Morgan fingerprint density at radius 3 is 3.06 bits per heavy atom. The Balaban J connectivity index is 2.08. The van der Waals surface area contributed by atoms with E-state index < -0.39 is 5.82 Å². The van der Waals surface area contributed by atoms with E-state index in [1.807, 2.05) is 0 Å². The maximum Gasteiger partial charge on any atom is 0.257 e. The van der Waals surface area contributed by atoms with Gasteiger partial charge >= 0.3 is 0 Å². The third kappa shape index (κ3) is 2.61. The number of likely N-dealkylation sites (tertiary alicyclic amines) is 1. The number of phenolic OH excluding ortho intramolecular Hbond substituents is 1. The topological polar surface area (TPSA) is 49.8 Å². The van der Waals surface area contributed by atoms with Gasteiger partial charge in [0.25, 0.3) is 5.91 Å². The Bertz CT molecular complexity index is 450. The molecule has 1 aromatic carbocycles. The molecule has 0 bridgehead atoms. The highest BCUT2D eigenvalue weighted by atomic mass is 19.1. The van der Waals surface area contributed by atoms with E-state index in [9.17, 15) is 14.3 Å². The van der Waals surface area contributed by atoms with E-state index in [-0.39, 0.29) is 17.2 Å². The predicted molar refractivity (Wildman–Crippen MR) is 64.0 cm³/mol. The molecule has 1 saturated heterocycles. The highest BCUT2D eigenvalue weighted by Crippen LogP contribution is 2.24. The van der Waals surface area contributed by atoms with Gasteiger partial charge in [-0.2, -0.15) is 0 Å². The molecule has 1 atom stereocenters. The summed E-state index contributed by atoms with van der Waals surface area (Å²) >= 11 is 0. The van der Waals surface area contributed by atoms with E-state index in [4.69, 9.17) is 4.74 Å². The summed E-state index contributed by atoms with van der Waals surface area (Å²) < 4.78 is 17.9. The third-order valence-electron chi connectivity index (χ3n) is 3.17. The standard InChI is InChI=1S/C13H16FNO3/c1-18-8-9-4-5-15(7-9)13(17)11-3-2-10(14)6-12(11)16/h2-3,6,9,16H,4-5,7-8H2,1H3. The lowest BCUT2D eigenvalue weighted by Crippen LogP contribution is -2.29. The van der Waals surface area contributed by atoms with Crippen LogP contribution in [0.15, 0.2) is 18.2 Å². The molecule has 1 fully saturated rings. The van der Waals surface area contributed by atoms with Gasteiger partial charge in [-0.3, -0.25) is 4.79 Å². The zero-order valence-electron chi connectivity index (χ0n) is 10.2. The lowest BCUT2D eigenvalue weighted by molar-refractivity contribution is 0.0772. The van der Waals surface area contributed by atoms with E-state index >= 15 is 0 Å². The maximum absolute atomic E-state index is 12.8. The lowest BCUT2D eigenvalue weighted by atomic mass is 10.1. The van der Waals surface area contributed by atoms with Crippen molar-refractivity contribution in [1.29, 1.82) is 0 Å². The van der Waals surface area contributed by atoms with Crippen LogP contribution in [0.2, 0.25) is 0 Å². The van der Waals surface area contributed by atoms with Crippen LogP contribution >= 0.6 is 0 Å². The number of hydrogen-bond acceptors (Lipinski definition) is 3. The van der Waals surface area contributed by atoms with Crippen LogP contribution in [0, 0.1) is 11.7 Å². The first-order valence-electron chi connectivity index (χ1n) is 5.88. The van der Waals surface area contributed by atoms with Crippen molar-refractivity contribution in [1.82, 2.24) is 4.90 Å². The van der Waals surface area contributed by atoms with Gasteiger partial charge in [-0.05, 0) is 18.6 Å². The number of halogens is 1. The second-order valence-corrected chi connectivity index (χ2v) is 4.52. The summed E-state index contributed by atoms with van der Waals surface area (Å²) in [7, 11) is 1.64. The molecule has 98 valence electrons. The lowest BCUT2D eigenvalue weighted by Gasteiger charge is -2.17. The summed E-state index contributed by atoms with van der Waals surface area (Å²) in [6.07, 6.45) is 0.890. The molecule has 5 heteroatoms. The van der Waals surface area contributed by atoms with Gasteiger partial charge in [0, 0.05) is 32.2 Å². The Morgan fingerprint density at radius 2 is 2.39 bits per heavy atom. The second-order valence-electron chi connectivity index (χ2n) is 4.52. The first-order valence-corrected chi connectivity index (χ1v) is 5.88. The molecule has 4 nitrogen and oxygen atoms in total. The molecule has 0 radical (unpaired) electrons. The molecular formula is C13H16FNO3. The summed E-state index contributed by atoms with van der Waals surface area (Å²) in [5.41, 5.74) is 0.148. The van der Waals surface area contributed by atoms with E-state index in [1.165, 1.54) is 12.1 Å². The minimum absolute atomic E-state index is 0.148. The highest BCUT2D eigenvalue weighted by Gasteiger charge is 2.28. The minimum Gasteiger partial charge on any atom is -0.507 e. The molecule has 1 amide bonds. The van der Waals surface area contributed by atoms with Crippen LogP contribution in [0.3, 0.4) is 0 Å². The van der Waals surface area contributed by atoms with Crippen molar-refractivity contribution < 1.29 is 19.0 Å². The molecule has 0 aromatic heterocycles. The van der Waals surface area contributed by atoms with Crippen molar-refractivity contribution in [3.8, 4) is 5.75 Å². The van der Waals surface area contributed by atoms with Gasteiger partial charge in [-0.25, -0.2) is 4.39 Å². The number of carbonyl (C=O) groups is 1. The number of rotatable bonds is 3. The van der Waals surface area contributed by atoms with E-state index in [1.54, 1.807) is 12.0 Å². The van der Waals surface area contributed by atoms with Gasteiger partial charge in [0.1, 0.15) is 11.6 Å². The third-order valence-corrected chi connectivity index (χ3v) is 3.17. The zero-order chi connectivity index (χ0) is 13.1. The van der Waals surface area contributed by atoms with Gasteiger partial charge in [0.15, 0.2) is 0 Å². The first-order chi connectivity index (χ1) is 8.61. The van der Waals surface area contributed by atoms with Crippen LogP contribution in [0.25, 0.3) is 0 Å². The number of methoxy groups -OCH3 is 1. The summed E-state index contributed by atoms with van der Waals surface area (Å²) in [6.45, 7) is 1.88. The molecular weight excluding hydrogens is 237 g/mol. The smallest absolute Gasteiger partial charge is 0.257 e. The largest absolute Gasteiger partial charge is 0.507 e. The fourth-order valence-corrected chi connectivity index (χ4v) is 2.24. The van der Waals surface area contributed by atoms with Crippen LogP contribution < -0.4 is 0 Å². The van der Waals surface area contributed by atoms with Crippen LogP contribution in [-0.2, 0) is 4.74 Å². The van der Waals surface area contributed by atoms with Crippen LogP contribution in [0.1, 0.15) is 16.8 Å². The number of benzene rings is 1. The average molecular weight is 253 g/mol. The molecule has 1 aromatic rings. The summed E-state index contributed by atoms with van der Waals surface area (Å²) in [5.74, 6) is -0.787. The number of aromatic hydroxyl groups is 1. The molecule has 1 aliphatic heterocycles. The van der Waals surface area contributed by atoms with Gasteiger partial charge in [-0.1, -0.05) is 0 Å². The minimum atomic E-state index is -0.553. The fraction of sp³-hybridized carbons (Fsp3) is 0.462. The predicted octanol–water partition coefficient (Wildman–Crippen LogP) is 1.64. The zero-order valence-corrected chi connectivity index (χ0v) is 10.2. The van der Waals surface area contributed by atoms with Gasteiger partial charge < -0.3 is 14.7 Å². The fourth-order valence-electron chi connectivity index (χ4n) is 2.24. The molecule has 0 spiro atoms. The molecule has 1 unspecified atom stereocenters. The Labute approximate surface area is 105 Å². The quantitative estimate of drug-likeness (QED) is 0.891. The van der Waals surface area contributed by atoms with Crippen molar-refractivity contribution in [2.24, 2.45) is 5.92 Å². The molecule has 0 aliphatic carbocycles. The highest BCUT2D eigenvalue weighted by molar-refractivity contribution is 5.96. The number of ether oxygens (including phenoxy) is 1. The van der Waals surface area contributed by atoms with E-state index in [0.717, 1.165) is 12.5 Å². The summed E-state index contributed by atoms with van der Waals surface area (Å²) in [6, 6.07) is 3.45. The van der Waals surface area contributed by atoms with Gasteiger partial charge in [-0.15, -0.1) is 0 Å². The van der Waals surface area contributed by atoms with Crippen molar-refractivity contribution in [3.63, 3.8) is 0 Å². The van der Waals surface area contributed by atoms with Gasteiger partial charge in [0.05, 0.1) is 12.2 Å². The van der Waals surface area contributed by atoms with Crippen molar-refractivity contribution in [3.05, 3.63) is 29.6 Å². The molecule has 1 heterocycles. The molecule has 1 N–H and O–H groups in total. The number of nitrogens with zero attached hydrogens (tertiary/aromatic N) is 1. The van der Waals surface area contributed by atoms with Crippen molar-refractivity contribution in [2.75, 3.05) is 26.8 Å². The molecule has 1 aliphatic rings. The van der Waals surface area contributed by atoms with E-state index in [0.29, 0.717) is 25.6 Å². The van der Waals surface area contributed by atoms with Crippen molar-refractivity contribution in [2.45, 2.75) is 6.42 Å². The average Bonchev–Trinajstić information content (AvgIpc) is 2.77. The summed E-state index contributed by atoms with van der Waals surface area (Å²) in [4.78, 5) is 13.8. The van der Waals surface area contributed by atoms with Gasteiger partial charge in [0.2, 0.25) is 0 Å². The Morgan fingerprint density at radius 1 is 1.61 bits per heavy atom. The number of carbonyl (C=O) groups excluding carboxylic acids is 1. The summed E-state index contributed by atoms with van der Waals surface area (Å²) in [5, 5.41) is 9.58. The molecule has 0 saturated carbocycles. The SMILES string of the molecule is COCC1CCN(C(=O)c2ccc(F)cc2O)C1. The Kier molecular flexibility index (Phi) is 3.81. The van der Waals surface area contributed by atoms with Crippen LogP contribution in [0.5, 0.6) is 5.75 Å². The number of hydrogen-bond donors (Lipinski definition) is 1. The number of phenols is 1. The maximum atomic E-state index is 12.8. The molecule has 18 heavy (non-hydrogen) atoms. The monoisotopic (exact) mass is 253 g/mol. The van der Waals surface area contributed by atoms with E-state index in [2.05, 4.69) is 0 Å². The first kappa shape index (κ1) is 12.8.